The highest BCUT2D eigenvalue weighted by molar-refractivity contribution is 7.88. The van der Waals surface area contributed by atoms with E-state index in [1.54, 1.807) is 42.5 Å². The Morgan fingerprint density at radius 1 is 0.897 bits per heavy atom. The molecule has 0 amide bonds. The Labute approximate surface area is 171 Å². The summed E-state index contributed by atoms with van der Waals surface area (Å²) in [6.45, 7) is 0. The maximum Gasteiger partial charge on any atom is 0.315 e. The molecule has 0 aromatic heterocycles. The molecule has 9 nitrogen and oxygen atoms in total. The molecular weight excluding hydrogens is 420 g/mol. The second kappa shape index (κ2) is 9.25. The molecule has 160 valence electrons. The van der Waals surface area contributed by atoms with Crippen molar-refractivity contribution >= 4 is 25.9 Å². The minimum Gasteiger partial charge on any atom is -0.411 e. The fourth-order valence-corrected chi connectivity index (χ4v) is 4.75. The summed E-state index contributed by atoms with van der Waals surface area (Å²) < 4.78 is 54.1. The topological polar surface area (TPSA) is 145 Å². The van der Waals surface area contributed by atoms with E-state index in [1.807, 2.05) is 0 Å². The maximum absolute atomic E-state index is 11.2. The van der Waals surface area contributed by atoms with Gasteiger partial charge in [0, 0.05) is 11.1 Å². The van der Waals surface area contributed by atoms with Crippen LogP contribution in [0, 0.1) is 0 Å². The third-order valence-corrected chi connectivity index (χ3v) is 6.03. The van der Waals surface area contributed by atoms with E-state index >= 15 is 0 Å². The summed E-state index contributed by atoms with van der Waals surface area (Å²) in [5.41, 5.74) is 7.02. The second-order valence-electron chi connectivity index (χ2n) is 5.78. The van der Waals surface area contributed by atoms with Crippen LogP contribution in [-0.2, 0) is 20.2 Å². The standard InChI is InChI=1S/C8H7NO4S.C8H9NO3S.2CH4/c10-9-7-5-14(11,12)13-8-4-2-1-3-6(7)8;9-7-5-13(10,11)12-8-4-2-1-3-6(7)8;;/h1-4,10H,5H2;1-4,7H,5,9H2;2*1H4/b9-7+;;;. The van der Waals surface area contributed by atoms with Gasteiger partial charge in [-0.3, -0.25) is 0 Å². The van der Waals surface area contributed by atoms with Gasteiger partial charge in [-0.25, -0.2) is 0 Å². The van der Waals surface area contributed by atoms with Gasteiger partial charge in [0.15, 0.2) is 5.75 Å². The minimum absolute atomic E-state index is 0. The molecule has 0 bridgehead atoms. The maximum atomic E-state index is 11.2. The smallest absolute Gasteiger partial charge is 0.315 e. The first-order chi connectivity index (χ1) is 12.7. The molecule has 29 heavy (non-hydrogen) atoms. The van der Waals surface area contributed by atoms with E-state index in [0.29, 0.717) is 11.3 Å². The Balaban J connectivity index is 0.000000272. The van der Waals surface area contributed by atoms with Crippen LogP contribution in [0.4, 0.5) is 0 Å². The van der Waals surface area contributed by atoms with Gasteiger partial charge in [-0.05, 0) is 18.2 Å². The molecule has 1 unspecified atom stereocenters. The summed E-state index contributed by atoms with van der Waals surface area (Å²) in [6.07, 6.45) is 0. The highest BCUT2D eigenvalue weighted by Crippen LogP contribution is 2.30. The SMILES string of the molecule is C.C.NC1CS(=O)(=O)Oc2ccccc21.O=S1(=O)C/C(=N\O)c2ccccc2O1. The second-order valence-corrected chi connectivity index (χ2v) is 8.97. The number of fused-ring (bicyclic) bond motifs is 2. The Bertz CT molecular complexity index is 1100. The van der Waals surface area contributed by atoms with Crippen molar-refractivity contribution in [2.45, 2.75) is 20.9 Å². The zero-order chi connectivity index (χ0) is 19.7. The van der Waals surface area contributed by atoms with Crippen molar-refractivity contribution in [3.63, 3.8) is 0 Å². The third-order valence-electron chi connectivity index (χ3n) is 3.77. The van der Waals surface area contributed by atoms with Gasteiger partial charge in [0.1, 0.15) is 23.0 Å². The Hall–Kier alpha value is -2.63. The van der Waals surface area contributed by atoms with Crippen molar-refractivity contribution < 1.29 is 30.4 Å². The lowest BCUT2D eigenvalue weighted by Crippen LogP contribution is -2.30. The first kappa shape index (κ1) is 24.4. The molecule has 0 radical (unpaired) electrons. The zero-order valence-corrected chi connectivity index (χ0v) is 15.5. The van der Waals surface area contributed by atoms with Crippen LogP contribution in [-0.4, -0.2) is 39.3 Å². The van der Waals surface area contributed by atoms with Gasteiger partial charge in [-0.2, -0.15) is 16.8 Å². The quantitative estimate of drug-likeness (QED) is 0.357. The molecule has 1 atom stereocenters. The van der Waals surface area contributed by atoms with Crippen molar-refractivity contribution in [1.29, 1.82) is 0 Å². The van der Waals surface area contributed by atoms with Crippen LogP contribution in [0.1, 0.15) is 32.0 Å². The van der Waals surface area contributed by atoms with Crippen molar-refractivity contribution in [3.05, 3.63) is 59.7 Å². The molecule has 2 aromatic rings. The number of hydrogen-bond acceptors (Lipinski definition) is 9. The Morgan fingerprint density at radius 2 is 1.45 bits per heavy atom. The number of hydrogen-bond donors (Lipinski definition) is 2. The van der Waals surface area contributed by atoms with E-state index in [0.717, 1.165) is 5.56 Å². The highest BCUT2D eigenvalue weighted by Gasteiger charge is 2.29. The summed E-state index contributed by atoms with van der Waals surface area (Å²) >= 11 is 0. The summed E-state index contributed by atoms with van der Waals surface area (Å²) in [5, 5.41) is 11.6. The molecule has 3 N–H and O–H groups in total. The molecule has 0 fully saturated rings. The molecule has 4 rings (SSSR count). The molecule has 0 spiro atoms. The molecular formula is C18H24N2O7S2. The van der Waals surface area contributed by atoms with Crippen molar-refractivity contribution in [2.75, 3.05) is 11.5 Å². The van der Waals surface area contributed by atoms with Crippen LogP contribution in [0.2, 0.25) is 0 Å². The number of oxime groups is 1. The number of benzene rings is 2. The van der Waals surface area contributed by atoms with Crippen LogP contribution in [0.15, 0.2) is 53.7 Å². The predicted octanol–water partition coefficient (Wildman–Crippen LogP) is 2.27. The van der Waals surface area contributed by atoms with Crippen molar-refractivity contribution in [2.24, 2.45) is 10.9 Å². The minimum atomic E-state index is -3.65. The average molecular weight is 445 g/mol. The summed E-state index contributed by atoms with van der Waals surface area (Å²) in [4.78, 5) is 0. The molecule has 2 heterocycles. The van der Waals surface area contributed by atoms with E-state index in [-0.39, 0.29) is 32.1 Å². The molecule has 2 aromatic carbocycles. The molecule has 2 aliphatic heterocycles. The van der Waals surface area contributed by atoms with Crippen LogP contribution < -0.4 is 14.1 Å². The molecule has 0 saturated heterocycles. The van der Waals surface area contributed by atoms with E-state index in [4.69, 9.17) is 19.3 Å². The lowest BCUT2D eigenvalue weighted by atomic mass is 10.1. The van der Waals surface area contributed by atoms with Gasteiger partial charge >= 0.3 is 20.2 Å². The first-order valence-electron chi connectivity index (χ1n) is 7.70. The first-order valence-corrected chi connectivity index (χ1v) is 10.9. The van der Waals surface area contributed by atoms with Gasteiger partial charge < -0.3 is 19.3 Å². The lowest BCUT2D eigenvalue weighted by Gasteiger charge is -2.21. The molecule has 2 aliphatic rings. The molecule has 0 aliphatic carbocycles. The third kappa shape index (κ3) is 5.68. The van der Waals surface area contributed by atoms with Gasteiger partial charge in [-0.15, -0.1) is 0 Å². The van der Waals surface area contributed by atoms with E-state index < -0.39 is 32.0 Å². The summed E-state index contributed by atoms with van der Waals surface area (Å²) in [5.74, 6) is -0.00218. The summed E-state index contributed by atoms with van der Waals surface area (Å²) in [7, 11) is -7.12. The number of nitrogens with two attached hydrogens (primary N) is 1. The summed E-state index contributed by atoms with van der Waals surface area (Å²) in [6, 6.07) is 12.9. The van der Waals surface area contributed by atoms with E-state index in [2.05, 4.69) is 5.16 Å². The van der Waals surface area contributed by atoms with Crippen molar-refractivity contribution in [1.82, 2.24) is 0 Å². The molecule has 11 heteroatoms. The van der Waals surface area contributed by atoms with Gasteiger partial charge in [0.05, 0.1) is 6.04 Å². The number of nitrogens with zero attached hydrogens (tertiary/aromatic N) is 1. The Morgan fingerprint density at radius 3 is 2.10 bits per heavy atom. The molecule has 0 saturated carbocycles. The van der Waals surface area contributed by atoms with Crippen molar-refractivity contribution in [3.8, 4) is 11.5 Å². The fourth-order valence-electron chi connectivity index (χ4n) is 2.62. The normalized spacial score (nSPS) is 21.3. The van der Waals surface area contributed by atoms with Gasteiger partial charge in [-0.1, -0.05) is 50.3 Å². The van der Waals surface area contributed by atoms with E-state index in [1.165, 1.54) is 6.07 Å². The highest BCUT2D eigenvalue weighted by atomic mass is 32.2. The Kier molecular flexibility index (Phi) is 7.78. The largest absolute Gasteiger partial charge is 0.411 e. The average Bonchev–Trinajstić information content (AvgIpc) is 2.59. The van der Waals surface area contributed by atoms with Crippen LogP contribution in [0.3, 0.4) is 0 Å². The van der Waals surface area contributed by atoms with Crippen LogP contribution in [0.25, 0.3) is 0 Å². The lowest BCUT2D eigenvalue weighted by molar-refractivity contribution is 0.318. The number of para-hydroxylation sites is 2. The predicted molar refractivity (Wildman–Crippen MR) is 110 cm³/mol. The van der Waals surface area contributed by atoms with Gasteiger partial charge in [0.25, 0.3) is 0 Å². The monoisotopic (exact) mass is 444 g/mol. The van der Waals surface area contributed by atoms with E-state index in [9.17, 15) is 16.8 Å². The van der Waals surface area contributed by atoms with Crippen LogP contribution >= 0.6 is 0 Å². The number of rotatable bonds is 0. The van der Waals surface area contributed by atoms with Crippen LogP contribution in [0.5, 0.6) is 11.5 Å². The fraction of sp³-hybridized carbons (Fsp3) is 0.278. The zero-order valence-electron chi connectivity index (χ0n) is 13.8. The van der Waals surface area contributed by atoms with Gasteiger partial charge in [0.2, 0.25) is 0 Å².